The average Bonchev–Trinajstić information content (AvgIpc) is 3.03. The Bertz CT molecular complexity index is 944. The van der Waals surface area contributed by atoms with Crippen molar-refractivity contribution in [2.45, 2.75) is 102 Å². The summed E-state index contributed by atoms with van der Waals surface area (Å²) in [7, 11) is -5.55. The van der Waals surface area contributed by atoms with Gasteiger partial charge in [-0.05, 0) is 28.9 Å². The second-order valence-electron chi connectivity index (χ2n) is 10.3. The van der Waals surface area contributed by atoms with E-state index in [-0.39, 0.29) is 28.8 Å². The van der Waals surface area contributed by atoms with Crippen LogP contribution in [0.4, 0.5) is 0 Å². The Balaban J connectivity index is 2.13. The van der Waals surface area contributed by atoms with E-state index in [1.165, 1.54) is 16.8 Å². The molecule has 0 bridgehead atoms. The van der Waals surface area contributed by atoms with Crippen LogP contribution >= 0.6 is 0 Å². The highest BCUT2D eigenvalue weighted by atomic mass is 28.5. The molecule has 0 amide bonds. The van der Waals surface area contributed by atoms with Gasteiger partial charge in [-0.3, -0.25) is 19.3 Å². The maximum Gasteiger partial charge on any atom is 0.335 e. The van der Waals surface area contributed by atoms with E-state index in [4.69, 9.17) is 17.7 Å². The molecule has 11 heteroatoms. The highest BCUT2D eigenvalue weighted by Gasteiger charge is 2.61. The zero-order valence-electron chi connectivity index (χ0n) is 21.0. The summed E-state index contributed by atoms with van der Waals surface area (Å²) in [6.07, 6.45) is -0.253. The molecule has 0 radical (unpaired) electrons. The molecule has 186 valence electrons. The number of aromatic nitrogens is 2. The molecule has 2 aliphatic rings. The zero-order chi connectivity index (χ0) is 24.7. The average molecular weight is 498 g/mol. The van der Waals surface area contributed by atoms with Gasteiger partial charge in [-0.1, -0.05) is 55.4 Å². The van der Waals surface area contributed by atoms with Crippen LogP contribution in [0.3, 0.4) is 0 Å². The number of hydrogen-bond acceptors (Lipinski definition) is 7. The van der Waals surface area contributed by atoms with Crippen molar-refractivity contribution in [3.63, 3.8) is 0 Å². The lowest BCUT2D eigenvalue weighted by atomic mass is 10.1. The van der Waals surface area contributed by atoms with Crippen molar-refractivity contribution >= 4 is 23.8 Å². The largest absolute Gasteiger partial charge is 0.414 e. The summed E-state index contributed by atoms with van der Waals surface area (Å²) >= 11 is 0. The molecule has 1 aromatic heterocycles. The Hall–Kier alpha value is -1.38. The molecule has 2 saturated heterocycles. The van der Waals surface area contributed by atoms with Crippen molar-refractivity contribution in [2.24, 2.45) is 4.99 Å². The molecule has 0 unspecified atom stereocenters. The van der Waals surface area contributed by atoms with Crippen LogP contribution in [-0.4, -0.2) is 58.2 Å². The predicted molar refractivity (Wildman–Crippen MR) is 132 cm³/mol. The minimum absolute atomic E-state index is 0.157. The Morgan fingerprint density at radius 3 is 2.09 bits per heavy atom. The van der Waals surface area contributed by atoms with Crippen molar-refractivity contribution in [3.05, 3.63) is 33.1 Å². The van der Waals surface area contributed by atoms with Crippen LogP contribution < -0.4 is 11.2 Å². The summed E-state index contributed by atoms with van der Waals surface area (Å²) in [6, 6.07) is 0.741. The Morgan fingerprint density at radius 2 is 1.61 bits per heavy atom. The van der Waals surface area contributed by atoms with Crippen molar-refractivity contribution < 1.29 is 17.7 Å². The SMILES string of the molecule is C=N[C@H]1[C@@H]2O[Si](C(C)C)(C(C)C)O[Si](C(C)C)(C(C)C)OC[C@H]2O[C@H]1n1ccc(=O)[nH]c1=O. The summed E-state index contributed by atoms with van der Waals surface area (Å²) in [4.78, 5) is 30.7. The van der Waals surface area contributed by atoms with Crippen LogP contribution in [-0.2, 0) is 17.7 Å². The van der Waals surface area contributed by atoms with Crippen LogP contribution in [0.2, 0.25) is 22.2 Å². The number of fused-ring (bicyclic) bond motifs is 1. The molecule has 33 heavy (non-hydrogen) atoms. The quantitative estimate of drug-likeness (QED) is 0.477. The number of nitrogens with zero attached hydrogens (tertiary/aromatic N) is 2. The molecule has 3 rings (SSSR count). The highest BCUT2D eigenvalue weighted by molar-refractivity contribution is 6.83. The molecule has 9 nitrogen and oxygen atoms in total. The molecule has 2 fully saturated rings. The van der Waals surface area contributed by atoms with Crippen LogP contribution in [0.25, 0.3) is 0 Å². The van der Waals surface area contributed by atoms with Gasteiger partial charge in [-0.15, -0.1) is 0 Å². The first-order chi connectivity index (χ1) is 15.4. The summed E-state index contributed by atoms with van der Waals surface area (Å²) in [5.41, 5.74) is -0.276. The minimum atomic E-state index is -2.85. The van der Waals surface area contributed by atoms with Gasteiger partial charge in [0.15, 0.2) is 6.23 Å². The van der Waals surface area contributed by atoms with Gasteiger partial charge in [-0.25, -0.2) is 4.79 Å². The molecule has 0 aromatic carbocycles. The zero-order valence-corrected chi connectivity index (χ0v) is 23.0. The molecule has 1 aromatic rings. The number of aliphatic imine (C=N–C) groups is 1. The third kappa shape index (κ3) is 4.51. The number of H-pyrrole nitrogens is 1. The summed E-state index contributed by atoms with van der Waals surface area (Å²) in [5.74, 6) is 0. The maximum atomic E-state index is 12.5. The monoisotopic (exact) mass is 497 g/mol. The molecule has 3 heterocycles. The number of hydrogen-bond donors (Lipinski definition) is 1. The van der Waals surface area contributed by atoms with Crippen molar-refractivity contribution in [2.75, 3.05) is 6.61 Å². The highest BCUT2D eigenvalue weighted by Crippen LogP contribution is 2.48. The van der Waals surface area contributed by atoms with Crippen LogP contribution in [0, 0.1) is 0 Å². The molecule has 2 aliphatic heterocycles. The third-order valence-corrected chi connectivity index (χ3v) is 17.2. The number of rotatable bonds is 6. The lowest BCUT2D eigenvalue weighted by Crippen LogP contribution is -2.65. The first-order valence-electron chi connectivity index (χ1n) is 11.8. The van der Waals surface area contributed by atoms with E-state index >= 15 is 0 Å². The van der Waals surface area contributed by atoms with E-state index in [2.05, 4.69) is 72.1 Å². The van der Waals surface area contributed by atoms with E-state index in [1.54, 1.807) is 0 Å². The molecule has 0 aliphatic carbocycles. The molecule has 4 atom stereocenters. The molecule has 0 saturated carbocycles. The van der Waals surface area contributed by atoms with E-state index in [9.17, 15) is 9.59 Å². The number of ether oxygens (including phenoxy) is 1. The predicted octanol–water partition coefficient (Wildman–Crippen LogP) is 3.46. The van der Waals surface area contributed by atoms with Gasteiger partial charge in [0.05, 0.1) is 6.61 Å². The minimum Gasteiger partial charge on any atom is -0.414 e. The second-order valence-corrected chi connectivity index (χ2v) is 19.2. The van der Waals surface area contributed by atoms with Gasteiger partial charge in [0.1, 0.15) is 18.2 Å². The molecule has 1 N–H and O–H groups in total. The summed E-state index contributed by atoms with van der Waals surface area (Å²) < 4.78 is 28.7. The standard InChI is InChI=1S/C22H39N3O6Si2/c1-13(2)32(14(3)4)28-12-17-20(30-33(31-32,15(5)6)16(7)8)19(23-9)21(29-17)25-11-10-18(26)24-22(25)27/h10-11,13-17,19-21H,9,12H2,1-8H3,(H,24,26,27)/t17-,19+,20-,21-/m1/s1. The third-order valence-electron chi connectivity index (χ3n) is 6.98. The Morgan fingerprint density at radius 1 is 1.03 bits per heavy atom. The first kappa shape index (κ1) is 26.2. The molecule has 0 spiro atoms. The van der Waals surface area contributed by atoms with Gasteiger partial charge in [0, 0.05) is 12.3 Å². The van der Waals surface area contributed by atoms with Crippen molar-refractivity contribution in [3.8, 4) is 0 Å². The lowest BCUT2D eigenvalue weighted by Gasteiger charge is -2.51. The summed E-state index contributed by atoms with van der Waals surface area (Å²) in [5, 5.41) is 0. The smallest absolute Gasteiger partial charge is 0.335 e. The van der Waals surface area contributed by atoms with Crippen LogP contribution in [0.5, 0.6) is 0 Å². The van der Waals surface area contributed by atoms with Crippen molar-refractivity contribution in [1.29, 1.82) is 0 Å². The van der Waals surface area contributed by atoms with E-state index in [1.807, 2.05) is 0 Å². The Kier molecular flexibility index (Phi) is 7.71. The fourth-order valence-corrected chi connectivity index (χ4v) is 16.4. The van der Waals surface area contributed by atoms with Gasteiger partial charge < -0.3 is 17.7 Å². The van der Waals surface area contributed by atoms with E-state index < -0.39 is 52.8 Å². The van der Waals surface area contributed by atoms with Crippen LogP contribution in [0.15, 0.2) is 26.8 Å². The fourth-order valence-electron chi connectivity index (χ4n) is 5.19. The van der Waals surface area contributed by atoms with Gasteiger partial charge in [-0.2, -0.15) is 0 Å². The fraction of sp³-hybridized carbons (Fsp3) is 0.773. The summed E-state index contributed by atoms with van der Waals surface area (Å²) in [6.45, 7) is 21.3. The number of nitrogens with one attached hydrogen (secondary N) is 1. The van der Waals surface area contributed by atoms with E-state index in [0.717, 1.165) is 0 Å². The molecular formula is C22H39N3O6Si2. The lowest BCUT2D eigenvalue weighted by molar-refractivity contribution is -0.0567. The first-order valence-corrected chi connectivity index (χ1v) is 15.8. The normalized spacial score (nSPS) is 29.3. The van der Waals surface area contributed by atoms with Crippen LogP contribution in [0.1, 0.15) is 61.6 Å². The maximum absolute atomic E-state index is 12.5. The second kappa shape index (κ2) is 9.70. The molecular weight excluding hydrogens is 458 g/mol. The topological polar surface area (TPSA) is 104 Å². The van der Waals surface area contributed by atoms with Gasteiger partial charge in [0.25, 0.3) is 5.56 Å². The Labute approximate surface area is 198 Å². The van der Waals surface area contributed by atoms with Gasteiger partial charge >= 0.3 is 22.8 Å². The van der Waals surface area contributed by atoms with Gasteiger partial charge in [0.2, 0.25) is 0 Å². The number of aromatic amines is 1. The van der Waals surface area contributed by atoms with E-state index in [0.29, 0.717) is 0 Å². The van der Waals surface area contributed by atoms with Crippen molar-refractivity contribution in [1.82, 2.24) is 9.55 Å².